The number of aliphatic hydroxyl groups is 1. The van der Waals surface area contributed by atoms with Crippen molar-refractivity contribution in [3.63, 3.8) is 0 Å². The molecule has 4 rings (SSSR count). The number of nitrogens with zero attached hydrogens (tertiary/aromatic N) is 2. The highest BCUT2D eigenvalue weighted by atomic mass is 16.3. The van der Waals surface area contributed by atoms with Gasteiger partial charge in [0.05, 0.1) is 11.1 Å². The summed E-state index contributed by atoms with van der Waals surface area (Å²) in [7, 11) is 0. The molecule has 0 spiro atoms. The van der Waals surface area contributed by atoms with Gasteiger partial charge < -0.3 is 15.3 Å². The lowest BCUT2D eigenvalue weighted by atomic mass is 9.76. The van der Waals surface area contributed by atoms with E-state index in [4.69, 9.17) is 4.98 Å². The predicted molar refractivity (Wildman–Crippen MR) is 98.7 cm³/mol. The van der Waals surface area contributed by atoms with E-state index in [9.17, 15) is 5.11 Å². The molecule has 2 N–H and O–H groups in total. The van der Waals surface area contributed by atoms with E-state index in [1.54, 1.807) is 0 Å². The van der Waals surface area contributed by atoms with Crippen molar-refractivity contribution in [2.24, 2.45) is 5.92 Å². The van der Waals surface area contributed by atoms with Crippen LogP contribution in [0.4, 0.5) is 5.82 Å². The summed E-state index contributed by atoms with van der Waals surface area (Å²) in [4.78, 5) is 7.37. The zero-order chi connectivity index (χ0) is 16.9. The number of hydrogen-bond donors (Lipinski definition) is 2. The van der Waals surface area contributed by atoms with Gasteiger partial charge in [0, 0.05) is 30.9 Å². The van der Waals surface area contributed by atoms with Crippen molar-refractivity contribution >= 4 is 16.7 Å². The van der Waals surface area contributed by atoms with Crippen molar-refractivity contribution in [2.75, 3.05) is 31.1 Å². The normalized spacial score (nSPS) is 27.3. The fourth-order valence-corrected chi connectivity index (χ4v) is 4.28. The van der Waals surface area contributed by atoms with Crippen LogP contribution in [-0.4, -0.2) is 41.9 Å². The molecule has 2 aliphatic heterocycles. The topological polar surface area (TPSA) is 48.4 Å². The Morgan fingerprint density at radius 2 is 2.04 bits per heavy atom. The molecule has 128 valence electrons. The van der Waals surface area contributed by atoms with Gasteiger partial charge in [-0.2, -0.15) is 0 Å². The SMILES string of the molecule is Cc1ccc2c(C)cc(N3CCC4(O)CCNCC4C3)nc2c1C. The molecule has 0 amide bonds. The highest BCUT2D eigenvalue weighted by molar-refractivity contribution is 5.87. The van der Waals surface area contributed by atoms with Gasteiger partial charge in [0.15, 0.2) is 0 Å². The molecule has 4 heteroatoms. The molecule has 0 saturated carbocycles. The molecule has 2 aromatic rings. The number of piperidine rings is 2. The van der Waals surface area contributed by atoms with Crippen LogP contribution in [0.1, 0.15) is 29.5 Å². The fraction of sp³-hybridized carbons (Fsp3) is 0.550. The number of pyridine rings is 1. The van der Waals surface area contributed by atoms with E-state index in [1.807, 2.05) is 0 Å². The van der Waals surface area contributed by atoms with Gasteiger partial charge in [0.25, 0.3) is 0 Å². The summed E-state index contributed by atoms with van der Waals surface area (Å²) in [6.07, 6.45) is 1.71. The Hall–Kier alpha value is -1.65. The lowest BCUT2D eigenvalue weighted by molar-refractivity contribution is -0.0539. The summed E-state index contributed by atoms with van der Waals surface area (Å²) in [5, 5.41) is 15.6. The number of aryl methyl sites for hydroxylation is 3. The highest BCUT2D eigenvalue weighted by Crippen LogP contribution is 2.35. The maximum Gasteiger partial charge on any atom is 0.129 e. The minimum Gasteiger partial charge on any atom is -0.389 e. The summed E-state index contributed by atoms with van der Waals surface area (Å²) >= 11 is 0. The lowest BCUT2D eigenvalue weighted by Gasteiger charge is -2.48. The van der Waals surface area contributed by atoms with Gasteiger partial charge >= 0.3 is 0 Å². The van der Waals surface area contributed by atoms with Gasteiger partial charge in [-0.05, 0) is 62.9 Å². The molecule has 1 aromatic carbocycles. The molecule has 2 unspecified atom stereocenters. The Morgan fingerprint density at radius 1 is 1.21 bits per heavy atom. The predicted octanol–water partition coefficient (Wildman–Crippen LogP) is 2.71. The molecule has 24 heavy (non-hydrogen) atoms. The van der Waals surface area contributed by atoms with E-state index >= 15 is 0 Å². The smallest absolute Gasteiger partial charge is 0.129 e. The van der Waals surface area contributed by atoms with Crippen molar-refractivity contribution in [3.05, 3.63) is 34.9 Å². The average molecular weight is 325 g/mol. The van der Waals surface area contributed by atoms with Crippen LogP contribution >= 0.6 is 0 Å². The molecular formula is C20H27N3O. The number of benzene rings is 1. The van der Waals surface area contributed by atoms with Gasteiger partial charge in [-0.1, -0.05) is 12.1 Å². The maximum atomic E-state index is 10.9. The maximum absolute atomic E-state index is 10.9. The minimum atomic E-state index is -0.486. The van der Waals surface area contributed by atoms with E-state index in [0.29, 0.717) is 0 Å². The number of anilines is 1. The Morgan fingerprint density at radius 3 is 2.88 bits per heavy atom. The van der Waals surface area contributed by atoms with Crippen LogP contribution in [0.2, 0.25) is 0 Å². The second kappa shape index (κ2) is 5.71. The molecule has 0 radical (unpaired) electrons. The quantitative estimate of drug-likeness (QED) is 0.846. The summed E-state index contributed by atoms with van der Waals surface area (Å²) in [5.74, 6) is 1.35. The first kappa shape index (κ1) is 15.9. The van der Waals surface area contributed by atoms with Gasteiger partial charge in [0.2, 0.25) is 0 Å². The third-order valence-electron chi connectivity index (χ3n) is 6.16. The number of rotatable bonds is 1. The van der Waals surface area contributed by atoms with Crippen molar-refractivity contribution in [1.82, 2.24) is 10.3 Å². The number of hydrogen-bond acceptors (Lipinski definition) is 4. The third-order valence-corrected chi connectivity index (χ3v) is 6.16. The molecule has 0 aliphatic carbocycles. The molecule has 0 bridgehead atoms. The van der Waals surface area contributed by atoms with Crippen molar-refractivity contribution < 1.29 is 5.11 Å². The number of nitrogens with one attached hydrogen (secondary N) is 1. The summed E-state index contributed by atoms with van der Waals surface area (Å²) < 4.78 is 0. The second-order valence-electron chi connectivity index (χ2n) is 7.65. The Kier molecular flexibility index (Phi) is 3.77. The van der Waals surface area contributed by atoms with Gasteiger partial charge in [0.1, 0.15) is 5.82 Å². The Bertz CT molecular complexity index is 788. The first-order chi connectivity index (χ1) is 11.5. The molecule has 2 aliphatic rings. The average Bonchev–Trinajstić information content (AvgIpc) is 2.57. The zero-order valence-corrected chi connectivity index (χ0v) is 14.9. The van der Waals surface area contributed by atoms with Crippen molar-refractivity contribution in [1.29, 1.82) is 0 Å². The van der Waals surface area contributed by atoms with E-state index in [1.165, 1.54) is 22.1 Å². The first-order valence-corrected chi connectivity index (χ1v) is 9.03. The number of aromatic nitrogens is 1. The highest BCUT2D eigenvalue weighted by Gasteiger charge is 2.43. The molecule has 4 nitrogen and oxygen atoms in total. The number of fused-ring (bicyclic) bond motifs is 2. The summed E-state index contributed by atoms with van der Waals surface area (Å²) in [5.41, 5.74) is 4.47. The van der Waals surface area contributed by atoms with Crippen LogP contribution in [-0.2, 0) is 0 Å². The van der Waals surface area contributed by atoms with Crippen LogP contribution in [0.5, 0.6) is 0 Å². The molecule has 3 heterocycles. The molecule has 2 saturated heterocycles. The largest absolute Gasteiger partial charge is 0.389 e. The van der Waals surface area contributed by atoms with E-state index in [0.717, 1.165) is 50.4 Å². The van der Waals surface area contributed by atoms with Gasteiger partial charge in [-0.3, -0.25) is 0 Å². The fourth-order valence-electron chi connectivity index (χ4n) is 4.28. The standard InChI is InChI=1S/C20H27N3O/c1-13-4-5-17-14(2)10-18(22-19(17)15(13)3)23-9-7-20(24)6-8-21-11-16(20)12-23/h4-5,10,16,21,24H,6-9,11-12H2,1-3H3. The molecule has 2 fully saturated rings. The van der Waals surface area contributed by atoms with E-state index in [2.05, 4.69) is 49.2 Å². The van der Waals surface area contributed by atoms with Gasteiger partial charge in [-0.25, -0.2) is 4.98 Å². The second-order valence-corrected chi connectivity index (χ2v) is 7.65. The van der Waals surface area contributed by atoms with E-state index < -0.39 is 5.60 Å². The third kappa shape index (κ3) is 2.49. The van der Waals surface area contributed by atoms with Crippen LogP contribution in [0.25, 0.3) is 10.9 Å². The lowest BCUT2D eigenvalue weighted by Crippen LogP contribution is -2.59. The van der Waals surface area contributed by atoms with Crippen LogP contribution in [0.15, 0.2) is 18.2 Å². The summed E-state index contributed by atoms with van der Waals surface area (Å²) in [6.45, 7) is 10.1. The van der Waals surface area contributed by atoms with Crippen molar-refractivity contribution in [2.45, 2.75) is 39.2 Å². The van der Waals surface area contributed by atoms with Crippen molar-refractivity contribution in [3.8, 4) is 0 Å². The first-order valence-electron chi connectivity index (χ1n) is 9.03. The Labute approximate surface area is 143 Å². The minimum absolute atomic E-state index is 0.288. The van der Waals surface area contributed by atoms with E-state index in [-0.39, 0.29) is 5.92 Å². The monoisotopic (exact) mass is 325 g/mol. The van der Waals surface area contributed by atoms with Crippen LogP contribution in [0, 0.1) is 26.7 Å². The molecular weight excluding hydrogens is 298 g/mol. The Balaban J connectivity index is 1.71. The molecule has 2 atom stereocenters. The van der Waals surface area contributed by atoms with Gasteiger partial charge in [-0.15, -0.1) is 0 Å². The summed E-state index contributed by atoms with van der Waals surface area (Å²) in [6, 6.07) is 6.57. The molecule has 1 aromatic heterocycles. The zero-order valence-electron chi connectivity index (χ0n) is 14.9. The van der Waals surface area contributed by atoms with Crippen LogP contribution < -0.4 is 10.2 Å². The van der Waals surface area contributed by atoms with Crippen LogP contribution in [0.3, 0.4) is 0 Å².